The molecule has 1 aromatic rings. The molecule has 0 aromatic heterocycles. The molecule has 2 aliphatic heterocycles. The highest BCUT2D eigenvalue weighted by molar-refractivity contribution is 7.80. The quantitative estimate of drug-likeness (QED) is 0.791. The second-order valence-electron chi connectivity index (χ2n) is 8.40. The number of thiocarbonyl (C=S) groups is 1. The van der Waals surface area contributed by atoms with Crippen LogP contribution in [0.1, 0.15) is 56.1 Å². The molecule has 4 rings (SSSR count). The molecule has 140 valence electrons. The molecule has 0 spiro atoms. The topological polar surface area (TPSA) is 44.4 Å². The minimum atomic E-state index is 0.275. The molecular weight excluding hydrogens is 342 g/mol. The van der Waals surface area contributed by atoms with E-state index in [0.29, 0.717) is 24.0 Å². The van der Waals surface area contributed by atoms with Crippen molar-refractivity contribution in [3.8, 4) is 0 Å². The van der Waals surface area contributed by atoms with E-state index in [1.165, 1.54) is 30.4 Å². The van der Waals surface area contributed by atoms with Crippen LogP contribution in [0, 0.1) is 19.8 Å². The third kappa shape index (κ3) is 3.88. The minimum absolute atomic E-state index is 0.275. The van der Waals surface area contributed by atoms with Gasteiger partial charge in [0.05, 0.1) is 0 Å². The molecule has 2 bridgehead atoms. The maximum absolute atomic E-state index is 12.2. The van der Waals surface area contributed by atoms with Crippen LogP contribution in [0.5, 0.6) is 0 Å². The van der Waals surface area contributed by atoms with Gasteiger partial charge in [-0.15, -0.1) is 0 Å². The highest BCUT2D eigenvalue weighted by Crippen LogP contribution is 2.36. The van der Waals surface area contributed by atoms with Gasteiger partial charge in [-0.2, -0.15) is 0 Å². The van der Waals surface area contributed by atoms with Crippen LogP contribution < -0.4 is 10.6 Å². The summed E-state index contributed by atoms with van der Waals surface area (Å²) in [6.45, 7) is 4.23. The molecule has 3 aliphatic rings. The van der Waals surface area contributed by atoms with Crippen molar-refractivity contribution in [3.05, 3.63) is 29.3 Å². The highest BCUT2D eigenvalue weighted by Gasteiger charge is 2.41. The number of amides is 1. The van der Waals surface area contributed by atoms with Gasteiger partial charge in [-0.05, 0) is 94.3 Å². The van der Waals surface area contributed by atoms with Crippen molar-refractivity contribution >= 4 is 28.9 Å². The summed E-state index contributed by atoms with van der Waals surface area (Å²) in [5, 5.41) is 7.62. The molecule has 1 amide bonds. The number of fused-ring (bicyclic) bond motifs is 2. The van der Waals surface area contributed by atoms with E-state index in [4.69, 9.17) is 12.2 Å². The molecule has 1 saturated carbocycles. The molecule has 4 nitrogen and oxygen atoms in total. The monoisotopic (exact) mass is 371 g/mol. The Morgan fingerprint density at radius 3 is 2.23 bits per heavy atom. The zero-order valence-electron chi connectivity index (χ0n) is 15.8. The van der Waals surface area contributed by atoms with Gasteiger partial charge >= 0.3 is 0 Å². The lowest BCUT2D eigenvalue weighted by Crippen LogP contribution is -2.59. The number of hydrogen-bond acceptors (Lipinski definition) is 2. The van der Waals surface area contributed by atoms with Gasteiger partial charge in [-0.3, -0.25) is 4.79 Å². The normalized spacial score (nSPS) is 27.8. The maximum atomic E-state index is 12.2. The molecule has 0 radical (unpaired) electrons. The first-order valence-corrected chi connectivity index (χ1v) is 10.4. The van der Waals surface area contributed by atoms with Gasteiger partial charge in [0, 0.05) is 29.7 Å². The molecule has 0 unspecified atom stereocenters. The molecule has 2 atom stereocenters. The Hall–Kier alpha value is -1.62. The minimum Gasteiger partial charge on any atom is -0.353 e. The summed E-state index contributed by atoms with van der Waals surface area (Å²) in [6.07, 6.45) is 7.78. The first-order valence-electron chi connectivity index (χ1n) is 9.97. The van der Waals surface area contributed by atoms with Crippen LogP contribution in [0.2, 0.25) is 0 Å². The lowest BCUT2D eigenvalue weighted by molar-refractivity contribution is -0.123. The molecule has 2 saturated heterocycles. The number of carbonyl (C=O) groups is 1. The summed E-state index contributed by atoms with van der Waals surface area (Å²) >= 11 is 5.80. The lowest BCUT2D eigenvalue weighted by Gasteiger charge is -2.50. The summed E-state index contributed by atoms with van der Waals surface area (Å²) < 4.78 is 0. The van der Waals surface area contributed by atoms with Gasteiger partial charge in [0.25, 0.3) is 0 Å². The number of carbonyl (C=O) groups excluding carboxylic acids is 1. The third-order valence-corrected chi connectivity index (χ3v) is 6.29. The summed E-state index contributed by atoms with van der Waals surface area (Å²) in [4.78, 5) is 14.6. The van der Waals surface area contributed by atoms with Crippen molar-refractivity contribution in [2.45, 2.75) is 76.9 Å². The average Bonchev–Trinajstić information content (AvgIpc) is 3.37. The second kappa shape index (κ2) is 7.18. The Labute approximate surface area is 161 Å². The maximum Gasteiger partial charge on any atom is 0.223 e. The molecule has 1 aliphatic carbocycles. The summed E-state index contributed by atoms with van der Waals surface area (Å²) in [7, 11) is 0. The number of aryl methyl sites for hydroxylation is 2. The van der Waals surface area contributed by atoms with E-state index in [9.17, 15) is 4.79 Å². The van der Waals surface area contributed by atoms with Crippen molar-refractivity contribution in [1.29, 1.82) is 0 Å². The molecule has 3 fully saturated rings. The van der Waals surface area contributed by atoms with Crippen molar-refractivity contribution in [1.82, 2.24) is 10.2 Å². The van der Waals surface area contributed by atoms with E-state index in [1.54, 1.807) is 0 Å². The molecule has 2 N–H and O–H groups in total. The van der Waals surface area contributed by atoms with Gasteiger partial charge in [0.1, 0.15) is 0 Å². The fraction of sp³-hybridized carbons (Fsp3) is 0.619. The number of benzene rings is 1. The first kappa shape index (κ1) is 17.8. The Kier molecular flexibility index (Phi) is 4.91. The second-order valence-corrected chi connectivity index (χ2v) is 8.79. The number of rotatable bonds is 3. The van der Waals surface area contributed by atoms with Crippen LogP contribution in [-0.2, 0) is 4.79 Å². The standard InChI is InChI=1S/C21H29N3OS/c1-13-8-14(2)10-16(9-13)23-21(26)24-18-4-3-5-19(24)12-17(11-18)22-20(25)15-6-7-15/h8-10,15,17-19H,3-7,11-12H2,1-2H3,(H,22,25)(H,23,26)/t18-,19-/m0/s1. The Morgan fingerprint density at radius 2 is 1.65 bits per heavy atom. The molecule has 1 aromatic carbocycles. The Morgan fingerprint density at radius 1 is 1.04 bits per heavy atom. The molecule has 2 heterocycles. The van der Waals surface area contributed by atoms with Gasteiger partial charge in [0.15, 0.2) is 5.11 Å². The van der Waals surface area contributed by atoms with Gasteiger partial charge < -0.3 is 15.5 Å². The predicted molar refractivity (Wildman–Crippen MR) is 109 cm³/mol. The van der Waals surface area contributed by atoms with Crippen LogP contribution in [0.15, 0.2) is 18.2 Å². The van der Waals surface area contributed by atoms with Gasteiger partial charge in [-0.1, -0.05) is 6.07 Å². The number of nitrogens with one attached hydrogen (secondary N) is 2. The van der Waals surface area contributed by atoms with E-state index < -0.39 is 0 Å². The smallest absolute Gasteiger partial charge is 0.223 e. The van der Waals surface area contributed by atoms with E-state index in [1.807, 2.05) is 0 Å². The molecule has 26 heavy (non-hydrogen) atoms. The predicted octanol–water partition coefficient (Wildman–Crippen LogP) is 3.91. The summed E-state index contributed by atoms with van der Waals surface area (Å²) in [6, 6.07) is 7.68. The van der Waals surface area contributed by atoms with E-state index in [0.717, 1.165) is 36.5 Å². The Bertz CT molecular complexity index is 681. The lowest BCUT2D eigenvalue weighted by atomic mass is 9.82. The molecular formula is C21H29N3OS. The number of nitrogens with zero attached hydrogens (tertiary/aromatic N) is 1. The van der Waals surface area contributed by atoms with Gasteiger partial charge in [0.2, 0.25) is 5.91 Å². The first-order chi connectivity index (χ1) is 12.5. The zero-order chi connectivity index (χ0) is 18.3. The largest absolute Gasteiger partial charge is 0.353 e. The highest BCUT2D eigenvalue weighted by atomic mass is 32.1. The van der Waals surface area contributed by atoms with Crippen LogP contribution in [0.3, 0.4) is 0 Å². The third-order valence-electron chi connectivity index (χ3n) is 5.98. The SMILES string of the molecule is Cc1cc(C)cc(NC(=S)N2[C@H]3CCC[C@H]2CC(NC(=O)C2CC2)C3)c1. The van der Waals surface area contributed by atoms with Crippen molar-refractivity contribution < 1.29 is 4.79 Å². The van der Waals surface area contributed by atoms with Crippen molar-refractivity contribution in [3.63, 3.8) is 0 Å². The summed E-state index contributed by atoms with van der Waals surface area (Å²) in [5.74, 6) is 0.567. The fourth-order valence-corrected chi connectivity index (χ4v) is 5.15. The number of hydrogen-bond donors (Lipinski definition) is 2. The van der Waals surface area contributed by atoms with Crippen molar-refractivity contribution in [2.24, 2.45) is 5.92 Å². The fourth-order valence-electron chi connectivity index (χ4n) is 4.73. The van der Waals surface area contributed by atoms with E-state index >= 15 is 0 Å². The van der Waals surface area contributed by atoms with Crippen LogP contribution in [0.4, 0.5) is 5.69 Å². The Balaban J connectivity index is 1.43. The zero-order valence-corrected chi connectivity index (χ0v) is 16.6. The van der Waals surface area contributed by atoms with E-state index in [-0.39, 0.29) is 5.91 Å². The average molecular weight is 372 g/mol. The van der Waals surface area contributed by atoms with Gasteiger partial charge in [-0.25, -0.2) is 0 Å². The number of anilines is 1. The van der Waals surface area contributed by atoms with Crippen LogP contribution >= 0.6 is 12.2 Å². The van der Waals surface area contributed by atoms with E-state index in [2.05, 4.69) is 47.6 Å². The number of piperidine rings is 2. The molecule has 5 heteroatoms. The van der Waals surface area contributed by atoms with Crippen molar-refractivity contribution in [2.75, 3.05) is 5.32 Å². The van der Waals surface area contributed by atoms with Crippen LogP contribution in [-0.4, -0.2) is 34.0 Å². The summed E-state index contributed by atoms with van der Waals surface area (Å²) in [5.41, 5.74) is 3.57. The van der Waals surface area contributed by atoms with Crippen LogP contribution in [0.25, 0.3) is 0 Å².